The lowest BCUT2D eigenvalue weighted by atomic mass is 9.89. The number of hydrogen-bond donors (Lipinski definition) is 4. The quantitative estimate of drug-likeness (QED) is 0.578. The zero-order valence-corrected chi connectivity index (χ0v) is 17.6. The van der Waals surface area contributed by atoms with E-state index in [9.17, 15) is 5.11 Å². The molecule has 0 saturated carbocycles. The van der Waals surface area contributed by atoms with Gasteiger partial charge in [-0.25, -0.2) is 4.98 Å². The Morgan fingerprint density at radius 3 is 2.77 bits per heavy atom. The molecule has 7 heteroatoms. The Labute approximate surface area is 178 Å². The molecular formula is C23H33N5O2. The van der Waals surface area contributed by atoms with Crippen molar-refractivity contribution in [3.05, 3.63) is 29.8 Å². The number of phenols is 1. The van der Waals surface area contributed by atoms with Crippen LogP contribution in [0.3, 0.4) is 0 Å². The molecule has 7 nitrogen and oxygen atoms in total. The zero-order valence-electron chi connectivity index (χ0n) is 17.6. The minimum atomic E-state index is 0.134. The lowest BCUT2D eigenvalue weighted by molar-refractivity contribution is 0.183. The van der Waals surface area contributed by atoms with Crippen LogP contribution >= 0.6 is 0 Å². The number of nitrogen functional groups attached to an aromatic ring is 2. The molecule has 0 bridgehead atoms. The first kappa shape index (κ1) is 20.8. The van der Waals surface area contributed by atoms with Crippen LogP contribution in [-0.2, 0) is 0 Å². The molecule has 1 atom stereocenters. The number of nitrogens with zero attached hydrogens (tertiary/aromatic N) is 2. The molecular weight excluding hydrogens is 378 g/mol. The number of aromatic nitrogens is 1. The van der Waals surface area contributed by atoms with Crippen molar-refractivity contribution >= 4 is 11.5 Å². The summed E-state index contributed by atoms with van der Waals surface area (Å²) in [5, 5.41) is 14.1. The summed E-state index contributed by atoms with van der Waals surface area (Å²) >= 11 is 0. The van der Waals surface area contributed by atoms with E-state index < -0.39 is 0 Å². The minimum absolute atomic E-state index is 0.134. The van der Waals surface area contributed by atoms with Crippen molar-refractivity contribution in [2.75, 3.05) is 50.8 Å². The van der Waals surface area contributed by atoms with Crippen LogP contribution in [0.2, 0.25) is 0 Å². The van der Waals surface area contributed by atoms with Crippen molar-refractivity contribution in [2.24, 2.45) is 0 Å². The smallest absolute Gasteiger partial charge is 0.147 e. The topological polar surface area (TPSA) is 110 Å². The van der Waals surface area contributed by atoms with Crippen LogP contribution in [0.4, 0.5) is 11.5 Å². The van der Waals surface area contributed by atoms with E-state index in [1.54, 1.807) is 12.1 Å². The number of likely N-dealkylation sites (tertiary alicyclic amines) is 1. The van der Waals surface area contributed by atoms with E-state index in [4.69, 9.17) is 16.2 Å². The fourth-order valence-electron chi connectivity index (χ4n) is 4.54. The maximum Gasteiger partial charge on any atom is 0.147 e. The van der Waals surface area contributed by atoms with E-state index in [1.807, 2.05) is 12.1 Å². The number of pyridine rings is 1. The third-order valence-electron chi connectivity index (χ3n) is 6.23. The lowest BCUT2D eigenvalue weighted by Gasteiger charge is -2.26. The molecule has 0 amide bonds. The van der Waals surface area contributed by atoms with E-state index >= 15 is 0 Å². The summed E-state index contributed by atoms with van der Waals surface area (Å²) in [7, 11) is 0. The molecule has 30 heavy (non-hydrogen) atoms. The summed E-state index contributed by atoms with van der Waals surface area (Å²) in [5.41, 5.74) is 15.2. The van der Waals surface area contributed by atoms with Crippen molar-refractivity contribution in [1.82, 2.24) is 15.2 Å². The Morgan fingerprint density at radius 1 is 1.17 bits per heavy atom. The van der Waals surface area contributed by atoms with Gasteiger partial charge in [0.15, 0.2) is 0 Å². The minimum Gasteiger partial charge on any atom is -0.507 e. The van der Waals surface area contributed by atoms with Gasteiger partial charge in [-0.2, -0.15) is 0 Å². The third-order valence-corrected chi connectivity index (χ3v) is 6.23. The second kappa shape index (κ2) is 9.53. The molecule has 0 radical (unpaired) electrons. The van der Waals surface area contributed by atoms with Gasteiger partial charge in [0.2, 0.25) is 0 Å². The highest BCUT2D eigenvalue weighted by atomic mass is 16.5. The van der Waals surface area contributed by atoms with Gasteiger partial charge in [0.25, 0.3) is 0 Å². The summed E-state index contributed by atoms with van der Waals surface area (Å²) < 4.78 is 6.10. The van der Waals surface area contributed by atoms with Crippen LogP contribution in [0.15, 0.2) is 24.3 Å². The van der Waals surface area contributed by atoms with Crippen molar-refractivity contribution in [3.63, 3.8) is 0 Å². The highest BCUT2D eigenvalue weighted by Crippen LogP contribution is 2.40. The van der Waals surface area contributed by atoms with Crippen LogP contribution in [0.25, 0.3) is 11.3 Å². The van der Waals surface area contributed by atoms with Gasteiger partial charge in [0, 0.05) is 13.1 Å². The first-order valence-corrected chi connectivity index (χ1v) is 11.1. The summed E-state index contributed by atoms with van der Waals surface area (Å²) in [6.45, 7) is 5.60. The number of benzene rings is 1. The molecule has 3 heterocycles. The Balaban J connectivity index is 1.59. The van der Waals surface area contributed by atoms with Gasteiger partial charge in [-0.1, -0.05) is 12.5 Å². The van der Waals surface area contributed by atoms with Gasteiger partial charge in [0.1, 0.15) is 23.9 Å². The first-order chi connectivity index (χ1) is 14.6. The predicted molar refractivity (Wildman–Crippen MR) is 121 cm³/mol. The number of nitrogens with two attached hydrogens (primary N) is 2. The van der Waals surface area contributed by atoms with E-state index in [2.05, 4.69) is 15.2 Å². The van der Waals surface area contributed by atoms with E-state index in [0.29, 0.717) is 35.1 Å². The molecule has 162 valence electrons. The maximum absolute atomic E-state index is 10.6. The van der Waals surface area contributed by atoms with Crippen LogP contribution in [-0.4, -0.2) is 54.3 Å². The van der Waals surface area contributed by atoms with E-state index in [0.717, 1.165) is 51.1 Å². The fourth-order valence-corrected chi connectivity index (χ4v) is 4.54. The largest absolute Gasteiger partial charge is 0.507 e. The zero-order chi connectivity index (χ0) is 20.9. The van der Waals surface area contributed by atoms with Gasteiger partial charge in [-0.15, -0.1) is 0 Å². The van der Waals surface area contributed by atoms with Gasteiger partial charge in [0.05, 0.1) is 16.9 Å². The van der Waals surface area contributed by atoms with E-state index in [-0.39, 0.29) is 11.7 Å². The Hall–Kier alpha value is -2.51. The molecule has 2 saturated heterocycles. The highest BCUT2D eigenvalue weighted by Gasteiger charge is 2.23. The molecule has 0 aliphatic carbocycles. The molecule has 1 aromatic heterocycles. The fraction of sp³-hybridized carbons (Fsp3) is 0.522. The second-order valence-corrected chi connectivity index (χ2v) is 8.34. The van der Waals surface area contributed by atoms with Crippen LogP contribution in [0.5, 0.6) is 11.5 Å². The predicted octanol–water partition coefficient (Wildman–Crippen LogP) is 2.95. The van der Waals surface area contributed by atoms with Crippen molar-refractivity contribution in [3.8, 4) is 22.8 Å². The van der Waals surface area contributed by atoms with Crippen LogP contribution in [0.1, 0.15) is 43.6 Å². The van der Waals surface area contributed by atoms with Gasteiger partial charge in [-0.3, -0.25) is 4.90 Å². The second-order valence-electron chi connectivity index (χ2n) is 8.34. The normalized spacial score (nSPS) is 20.2. The molecule has 2 aromatic rings. The first-order valence-electron chi connectivity index (χ1n) is 11.1. The third kappa shape index (κ3) is 4.63. The summed E-state index contributed by atoms with van der Waals surface area (Å²) in [5.74, 6) is 1.35. The average molecular weight is 412 g/mol. The number of phenolic OH excluding ortho intramolecular Hbond substituents is 1. The monoisotopic (exact) mass is 411 g/mol. The molecule has 2 fully saturated rings. The Kier molecular flexibility index (Phi) is 6.59. The van der Waals surface area contributed by atoms with Crippen LogP contribution < -0.4 is 21.5 Å². The van der Waals surface area contributed by atoms with Gasteiger partial charge < -0.3 is 26.6 Å². The summed E-state index contributed by atoms with van der Waals surface area (Å²) in [6, 6.07) is 7.29. The molecule has 2 aliphatic heterocycles. The molecule has 6 N–H and O–H groups in total. The van der Waals surface area contributed by atoms with Crippen LogP contribution in [0, 0.1) is 0 Å². The Morgan fingerprint density at radius 2 is 2.00 bits per heavy atom. The number of aromatic hydroxyl groups is 1. The summed E-state index contributed by atoms with van der Waals surface area (Å²) in [6.07, 6.45) is 5.98. The number of nitrogens with one attached hydrogen (secondary N) is 1. The maximum atomic E-state index is 10.6. The standard InChI is InChI=1S/C23H33N5O2/c24-22-17(16-6-5-9-26-15-16)14-18(27-23(22)25)21-19(29)7-4-8-20(21)30-13-12-28-10-2-1-3-11-28/h4,7-8,14,16,26,29H,1-3,5-6,9-13,15,24H2,(H2,25,27). The lowest BCUT2D eigenvalue weighted by Crippen LogP contribution is -2.33. The molecule has 2 aliphatic rings. The highest BCUT2D eigenvalue weighted by molar-refractivity contribution is 5.78. The van der Waals surface area contributed by atoms with Crippen molar-refractivity contribution in [1.29, 1.82) is 0 Å². The number of rotatable bonds is 6. The molecule has 4 rings (SSSR count). The number of ether oxygens (including phenoxy) is 1. The molecule has 0 spiro atoms. The number of hydrogen-bond acceptors (Lipinski definition) is 7. The molecule has 1 unspecified atom stereocenters. The van der Waals surface area contributed by atoms with Gasteiger partial charge in [-0.05, 0) is 75.0 Å². The average Bonchev–Trinajstić information content (AvgIpc) is 2.77. The van der Waals surface area contributed by atoms with E-state index in [1.165, 1.54) is 19.3 Å². The van der Waals surface area contributed by atoms with Crippen molar-refractivity contribution in [2.45, 2.75) is 38.0 Å². The summed E-state index contributed by atoms with van der Waals surface area (Å²) in [4.78, 5) is 6.93. The number of anilines is 2. The molecule has 1 aromatic carbocycles. The van der Waals surface area contributed by atoms with Gasteiger partial charge >= 0.3 is 0 Å². The number of piperidine rings is 2. The SMILES string of the molecule is Nc1nc(-c2c(O)cccc2OCCN2CCCCC2)cc(C2CCCNC2)c1N. The van der Waals surface area contributed by atoms with Crippen molar-refractivity contribution < 1.29 is 9.84 Å². The Bertz CT molecular complexity index is 861.